The predicted molar refractivity (Wildman–Crippen MR) is 86.3 cm³/mol. The van der Waals surface area contributed by atoms with Crippen molar-refractivity contribution in [1.29, 1.82) is 0 Å². The molecule has 0 aliphatic rings. The van der Waals surface area contributed by atoms with E-state index in [0.717, 1.165) is 11.1 Å². The van der Waals surface area contributed by atoms with E-state index in [9.17, 15) is 9.59 Å². The summed E-state index contributed by atoms with van der Waals surface area (Å²) in [6.45, 7) is 11.7. The Labute approximate surface area is 120 Å². The zero-order valence-electron chi connectivity index (χ0n) is 13.3. The predicted octanol–water partition coefficient (Wildman–Crippen LogP) is 3.42. The van der Waals surface area contributed by atoms with Gasteiger partial charge in [-0.3, -0.25) is 9.59 Å². The molecule has 0 fully saturated rings. The fraction of sp³-hybridized carbons (Fsp3) is 0.375. The Morgan fingerprint density at radius 1 is 0.850 bits per heavy atom. The highest BCUT2D eigenvalue weighted by Gasteiger charge is 1.83. The molecular formula is C16H26N2O2. The van der Waals surface area contributed by atoms with Crippen molar-refractivity contribution in [3.05, 3.63) is 68.5 Å². The molecule has 0 saturated carbocycles. The summed E-state index contributed by atoms with van der Waals surface area (Å²) in [5.41, 5.74) is 1.71. The molecule has 0 spiro atoms. The van der Waals surface area contributed by atoms with Crippen LogP contribution in [0.4, 0.5) is 0 Å². The lowest BCUT2D eigenvalue weighted by Gasteiger charge is -1.83. The molecular weight excluding hydrogens is 252 g/mol. The molecule has 0 atom stereocenters. The van der Waals surface area contributed by atoms with Crippen molar-refractivity contribution < 1.29 is 0 Å². The highest BCUT2D eigenvalue weighted by molar-refractivity contribution is 5.06. The smallest absolute Gasteiger partial charge is 0.250 e. The number of hydrogen-bond acceptors (Lipinski definition) is 2. The van der Waals surface area contributed by atoms with Crippen LogP contribution in [-0.4, -0.2) is 9.97 Å². The van der Waals surface area contributed by atoms with Crippen LogP contribution >= 0.6 is 0 Å². The lowest BCUT2D eigenvalue weighted by atomic mass is 10.3. The summed E-state index contributed by atoms with van der Waals surface area (Å²) in [7, 11) is 0. The molecule has 2 rings (SSSR count). The van der Waals surface area contributed by atoms with Gasteiger partial charge in [0.25, 0.3) is 5.56 Å². The van der Waals surface area contributed by atoms with Crippen molar-refractivity contribution in [1.82, 2.24) is 9.97 Å². The van der Waals surface area contributed by atoms with Gasteiger partial charge in [0.15, 0.2) is 0 Å². The Bertz CT molecular complexity index is 556. The summed E-state index contributed by atoms with van der Waals surface area (Å²) in [5.74, 6) is 0. The van der Waals surface area contributed by atoms with Crippen LogP contribution in [0.25, 0.3) is 0 Å². The van der Waals surface area contributed by atoms with Gasteiger partial charge in [-0.15, -0.1) is 0 Å². The van der Waals surface area contributed by atoms with Gasteiger partial charge in [0, 0.05) is 24.0 Å². The molecule has 2 heterocycles. The van der Waals surface area contributed by atoms with Crippen molar-refractivity contribution in [3.63, 3.8) is 0 Å². The van der Waals surface area contributed by atoms with Crippen molar-refractivity contribution in [3.8, 4) is 0 Å². The van der Waals surface area contributed by atoms with E-state index in [-0.39, 0.29) is 11.1 Å². The third-order valence-corrected chi connectivity index (χ3v) is 1.95. The standard InChI is InChI=1S/2C6H7NO.2C2H6/c1-5-2-3-7-6(8)4-5;1-5-3-2-4-7-6(5)8;2*1-2/h2*2-4H,1H3,(H,7,8);2*1-2H3. The summed E-state index contributed by atoms with van der Waals surface area (Å²) < 4.78 is 0. The van der Waals surface area contributed by atoms with Crippen LogP contribution in [0.2, 0.25) is 0 Å². The minimum absolute atomic E-state index is 0.00694. The molecule has 4 nitrogen and oxygen atoms in total. The van der Waals surface area contributed by atoms with E-state index in [2.05, 4.69) is 9.97 Å². The fourth-order valence-electron chi connectivity index (χ4n) is 1.06. The fourth-order valence-corrected chi connectivity index (χ4v) is 1.06. The molecule has 20 heavy (non-hydrogen) atoms. The summed E-state index contributed by atoms with van der Waals surface area (Å²) in [4.78, 5) is 26.1. The van der Waals surface area contributed by atoms with Gasteiger partial charge in [0.05, 0.1) is 0 Å². The quantitative estimate of drug-likeness (QED) is 0.775. The summed E-state index contributed by atoms with van der Waals surface area (Å²) >= 11 is 0. The molecule has 0 amide bonds. The largest absolute Gasteiger partial charge is 0.329 e. The first-order chi connectivity index (χ1) is 9.59. The maximum atomic E-state index is 10.6. The van der Waals surface area contributed by atoms with Crippen molar-refractivity contribution in [2.24, 2.45) is 0 Å². The molecule has 2 N–H and O–H groups in total. The van der Waals surface area contributed by atoms with Crippen LogP contribution < -0.4 is 11.1 Å². The average Bonchev–Trinajstić information content (AvgIpc) is 2.47. The van der Waals surface area contributed by atoms with Gasteiger partial charge in [-0.25, -0.2) is 0 Å². The molecule has 0 aliphatic heterocycles. The van der Waals surface area contributed by atoms with Crippen LogP contribution in [0, 0.1) is 13.8 Å². The maximum absolute atomic E-state index is 10.6. The molecule has 0 saturated heterocycles. The van der Waals surface area contributed by atoms with Crippen LogP contribution in [0.15, 0.2) is 46.2 Å². The number of hydrogen-bond donors (Lipinski definition) is 2. The van der Waals surface area contributed by atoms with E-state index in [4.69, 9.17) is 0 Å². The molecule has 2 aromatic rings. The van der Waals surface area contributed by atoms with Gasteiger partial charge in [-0.05, 0) is 31.5 Å². The van der Waals surface area contributed by atoms with E-state index < -0.39 is 0 Å². The maximum Gasteiger partial charge on any atom is 0.250 e. The van der Waals surface area contributed by atoms with Gasteiger partial charge >= 0.3 is 0 Å². The average molecular weight is 278 g/mol. The van der Waals surface area contributed by atoms with Crippen LogP contribution in [0.5, 0.6) is 0 Å². The van der Waals surface area contributed by atoms with Crippen LogP contribution in [-0.2, 0) is 0 Å². The first-order valence-electron chi connectivity index (χ1n) is 6.89. The summed E-state index contributed by atoms with van der Waals surface area (Å²) in [6.07, 6.45) is 3.26. The second-order valence-corrected chi connectivity index (χ2v) is 3.41. The van der Waals surface area contributed by atoms with E-state index in [1.54, 1.807) is 37.5 Å². The van der Waals surface area contributed by atoms with Crippen LogP contribution in [0.1, 0.15) is 38.8 Å². The summed E-state index contributed by atoms with van der Waals surface area (Å²) in [5, 5.41) is 0. The second-order valence-electron chi connectivity index (χ2n) is 3.41. The molecule has 112 valence electrons. The van der Waals surface area contributed by atoms with Crippen molar-refractivity contribution in [2.45, 2.75) is 41.5 Å². The number of aryl methyl sites for hydroxylation is 2. The van der Waals surface area contributed by atoms with Crippen LogP contribution in [0.3, 0.4) is 0 Å². The van der Waals surface area contributed by atoms with Gasteiger partial charge in [-0.1, -0.05) is 33.8 Å². The molecule has 0 radical (unpaired) electrons. The van der Waals surface area contributed by atoms with Gasteiger partial charge in [0.1, 0.15) is 0 Å². The van der Waals surface area contributed by atoms with E-state index in [1.165, 1.54) is 0 Å². The zero-order valence-corrected chi connectivity index (χ0v) is 13.3. The lowest BCUT2D eigenvalue weighted by Crippen LogP contribution is -2.06. The Morgan fingerprint density at radius 2 is 1.45 bits per heavy atom. The molecule has 0 aromatic carbocycles. The molecule has 2 aromatic heterocycles. The van der Waals surface area contributed by atoms with E-state index in [0.29, 0.717) is 0 Å². The number of pyridine rings is 2. The molecule has 0 bridgehead atoms. The van der Waals surface area contributed by atoms with Gasteiger partial charge in [-0.2, -0.15) is 0 Å². The Hall–Kier alpha value is -2.10. The molecule has 0 aliphatic carbocycles. The number of nitrogens with one attached hydrogen (secondary N) is 2. The van der Waals surface area contributed by atoms with Crippen molar-refractivity contribution >= 4 is 0 Å². The summed E-state index contributed by atoms with van der Waals surface area (Å²) in [6, 6.07) is 6.98. The monoisotopic (exact) mass is 278 g/mol. The third kappa shape index (κ3) is 9.88. The number of H-pyrrole nitrogens is 2. The van der Waals surface area contributed by atoms with Gasteiger partial charge in [0.2, 0.25) is 5.56 Å². The van der Waals surface area contributed by atoms with Crippen molar-refractivity contribution in [2.75, 3.05) is 0 Å². The number of aromatic nitrogens is 2. The highest BCUT2D eigenvalue weighted by atomic mass is 16.1. The lowest BCUT2D eigenvalue weighted by molar-refractivity contribution is 1.18. The second kappa shape index (κ2) is 13.3. The first kappa shape index (κ1) is 20.2. The Balaban J connectivity index is 0. The zero-order chi connectivity index (χ0) is 16.0. The van der Waals surface area contributed by atoms with Gasteiger partial charge < -0.3 is 9.97 Å². The Kier molecular flexibility index (Phi) is 13.5. The normalized spacial score (nSPS) is 7.90. The highest BCUT2D eigenvalue weighted by Crippen LogP contribution is 1.84. The number of aromatic amines is 2. The SMILES string of the molecule is CC.CC.Cc1cc[nH]c(=O)c1.Cc1ccc[nH]c1=O. The minimum atomic E-state index is -0.0370. The topological polar surface area (TPSA) is 65.7 Å². The minimum Gasteiger partial charge on any atom is -0.329 e. The molecule has 4 heteroatoms. The third-order valence-electron chi connectivity index (χ3n) is 1.95. The number of rotatable bonds is 0. The Morgan fingerprint density at radius 3 is 1.75 bits per heavy atom. The molecule has 0 unspecified atom stereocenters. The van der Waals surface area contributed by atoms with E-state index >= 15 is 0 Å². The first-order valence-corrected chi connectivity index (χ1v) is 6.89. The van der Waals surface area contributed by atoms with E-state index in [1.807, 2.05) is 40.7 Å².